The summed E-state index contributed by atoms with van der Waals surface area (Å²) in [5, 5.41) is 3.27. The van der Waals surface area contributed by atoms with Crippen LogP contribution in [0, 0.1) is 11.8 Å². The molecule has 5 atom stereocenters. The van der Waals surface area contributed by atoms with E-state index in [1.54, 1.807) is 6.92 Å². The van der Waals surface area contributed by atoms with Gasteiger partial charge in [0.15, 0.2) is 0 Å². The number of benzene rings is 1. The zero-order valence-electron chi connectivity index (χ0n) is 16.7. The van der Waals surface area contributed by atoms with Crippen molar-refractivity contribution in [2.75, 3.05) is 0 Å². The van der Waals surface area contributed by atoms with Crippen LogP contribution in [0.5, 0.6) is 5.75 Å². The average molecular weight is 360 g/mol. The zero-order chi connectivity index (χ0) is 18.9. The predicted molar refractivity (Wildman–Crippen MR) is 103 cm³/mol. The number of hydrogen-bond acceptors (Lipinski definition) is 3. The van der Waals surface area contributed by atoms with E-state index in [2.05, 4.69) is 31.3 Å². The van der Waals surface area contributed by atoms with E-state index < -0.39 is 0 Å². The second kappa shape index (κ2) is 7.59. The Morgan fingerprint density at radius 1 is 1.27 bits per heavy atom. The standard InChI is InChI=1S/C22H33NO3/c1-14(2)25-18-9-7-17(8-10-18)21-13-22(5,23-16(4)24)19-11-6-15(3)12-20(19)26-21/h7-10,14-15,19-21H,6,11-13H2,1-5H3,(H,23,24)/t15-,19-,20-,21-,22-/m1/s1. The quantitative estimate of drug-likeness (QED) is 0.852. The molecule has 1 saturated carbocycles. The number of fused-ring (bicyclic) bond motifs is 1. The Balaban J connectivity index is 1.82. The fourth-order valence-electron chi connectivity index (χ4n) is 4.78. The smallest absolute Gasteiger partial charge is 0.217 e. The second-order valence-corrected chi connectivity index (χ2v) is 8.73. The van der Waals surface area contributed by atoms with Gasteiger partial charge in [-0.15, -0.1) is 0 Å². The van der Waals surface area contributed by atoms with Crippen molar-refractivity contribution in [1.82, 2.24) is 5.32 Å². The number of rotatable bonds is 4. The maximum Gasteiger partial charge on any atom is 0.217 e. The van der Waals surface area contributed by atoms with E-state index >= 15 is 0 Å². The minimum Gasteiger partial charge on any atom is -0.491 e. The van der Waals surface area contributed by atoms with E-state index in [4.69, 9.17) is 9.47 Å². The van der Waals surface area contributed by atoms with Gasteiger partial charge in [-0.1, -0.05) is 25.5 Å². The molecule has 1 aromatic rings. The van der Waals surface area contributed by atoms with Crippen LogP contribution in [-0.2, 0) is 9.53 Å². The molecule has 0 radical (unpaired) electrons. The molecule has 0 bridgehead atoms. The Labute approximate surface area is 157 Å². The fraction of sp³-hybridized carbons (Fsp3) is 0.682. The molecular weight excluding hydrogens is 326 g/mol. The van der Waals surface area contributed by atoms with Gasteiger partial charge in [0, 0.05) is 24.8 Å². The molecule has 1 heterocycles. The van der Waals surface area contributed by atoms with Crippen LogP contribution in [-0.4, -0.2) is 23.7 Å². The van der Waals surface area contributed by atoms with Crippen molar-refractivity contribution < 1.29 is 14.3 Å². The molecule has 1 aromatic carbocycles. The lowest BCUT2D eigenvalue weighted by Crippen LogP contribution is -2.60. The molecule has 4 nitrogen and oxygen atoms in total. The van der Waals surface area contributed by atoms with Gasteiger partial charge in [-0.05, 0) is 57.2 Å². The van der Waals surface area contributed by atoms with Crippen LogP contribution in [0.1, 0.15) is 72.0 Å². The molecule has 0 unspecified atom stereocenters. The van der Waals surface area contributed by atoms with Crippen LogP contribution in [0.15, 0.2) is 24.3 Å². The van der Waals surface area contributed by atoms with Gasteiger partial charge in [-0.3, -0.25) is 4.79 Å². The Kier molecular flexibility index (Phi) is 5.61. The van der Waals surface area contributed by atoms with E-state index in [1.165, 1.54) is 6.42 Å². The molecule has 1 amide bonds. The van der Waals surface area contributed by atoms with E-state index in [0.29, 0.717) is 11.8 Å². The summed E-state index contributed by atoms with van der Waals surface area (Å²) in [6, 6.07) is 8.24. The third-order valence-electron chi connectivity index (χ3n) is 5.91. The number of carbonyl (C=O) groups is 1. The minimum absolute atomic E-state index is 0.00602. The van der Waals surface area contributed by atoms with Crippen LogP contribution < -0.4 is 10.1 Å². The predicted octanol–water partition coefficient (Wildman–Crippen LogP) is 4.63. The molecule has 3 rings (SSSR count). The lowest BCUT2D eigenvalue weighted by Gasteiger charge is -2.52. The molecule has 26 heavy (non-hydrogen) atoms. The summed E-state index contributed by atoms with van der Waals surface area (Å²) in [6.45, 7) is 10.2. The number of carbonyl (C=O) groups excluding carboxylic acids is 1. The third-order valence-corrected chi connectivity index (χ3v) is 5.91. The summed E-state index contributed by atoms with van der Waals surface area (Å²) in [5.74, 6) is 2.00. The summed E-state index contributed by atoms with van der Waals surface area (Å²) >= 11 is 0. The first-order valence-electron chi connectivity index (χ1n) is 9.97. The summed E-state index contributed by atoms with van der Waals surface area (Å²) in [7, 11) is 0. The van der Waals surface area contributed by atoms with E-state index in [0.717, 1.165) is 30.6 Å². The van der Waals surface area contributed by atoms with E-state index in [1.807, 2.05) is 26.0 Å². The van der Waals surface area contributed by atoms with Crippen molar-refractivity contribution in [3.8, 4) is 5.75 Å². The van der Waals surface area contributed by atoms with Gasteiger partial charge in [0.1, 0.15) is 5.75 Å². The molecule has 0 spiro atoms. The molecule has 0 aromatic heterocycles. The van der Waals surface area contributed by atoms with Crippen molar-refractivity contribution in [2.24, 2.45) is 11.8 Å². The summed E-state index contributed by atoms with van der Waals surface area (Å²) in [5.41, 5.74) is 0.946. The first-order chi connectivity index (χ1) is 12.3. The second-order valence-electron chi connectivity index (χ2n) is 8.73. The van der Waals surface area contributed by atoms with Gasteiger partial charge in [0.2, 0.25) is 5.91 Å². The molecular formula is C22H33NO3. The normalized spacial score (nSPS) is 34.2. The molecule has 2 fully saturated rings. The van der Waals surface area contributed by atoms with Gasteiger partial charge < -0.3 is 14.8 Å². The largest absolute Gasteiger partial charge is 0.491 e. The number of hydrogen-bond donors (Lipinski definition) is 1. The zero-order valence-corrected chi connectivity index (χ0v) is 16.7. The third kappa shape index (κ3) is 4.22. The Bertz CT molecular complexity index is 627. The topological polar surface area (TPSA) is 47.6 Å². The first kappa shape index (κ1) is 19.2. The lowest BCUT2D eigenvalue weighted by atomic mass is 9.66. The van der Waals surface area contributed by atoms with E-state index in [9.17, 15) is 4.79 Å². The minimum atomic E-state index is -0.216. The molecule has 2 aliphatic rings. The number of nitrogens with one attached hydrogen (secondary N) is 1. The van der Waals surface area contributed by atoms with Crippen LogP contribution in [0.2, 0.25) is 0 Å². The van der Waals surface area contributed by atoms with E-state index in [-0.39, 0.29) is 29.8 Å². The summed E-state index contributed by atoms with van der Waals surface area (Å²) < 4.78 is 12.3. The lowest BCUT2D eigenvalue weighted by molar-refractivity contribution is -0.153. The van der Waals surface area contributed by atoms with Gasteiger partial charge in [-0.2, -0.15) is 0 Å². The van der Waals surface area contributed by atoms with Gasteiger partial charge >= 0.3 is 0 Å². The highest BCUT2D eigenvalue weighted by atomic mass is 16.5. The number of ether oxygens (including phenoxy) is 2. The Morgan fingerprint density at radius 2 is 1.96 bits per heavy atom. The SMILES string of the molecule is CC(=O)N[C@]1(C)C[C@H](c2ccc(OC(C)C)cc2)O[C@@H]2C[C@H](C)CC[C@H]21. The maximum absolute atomic E-state index is 11.9. The maximum atomic E-state index is 11.9. The Hall–Kier alpha value is -1.55. The highest BCUT2D eigenvalue weighted by Crippen LogP contribution is 2.47. The molecule has 1 aliphatic heterocycles. The highest BCUT2D eigenvalue weighted by molar-refractivity contribution is 5.73. The van der Waals surface area contributed by atoms with Crippen LogP contribution in [0.3, 0.4) is 0 Å². The highest BCUT2D eigenvalue weighted by Gasteiger charge is 2.49. The van der Waals surface area contributed by atoms with Crippen molar-refractivity contribution in [1.29, 1.82) is 0 Å². The molecule has 1 saturated heterocycles. The van der Waals surface area contributed by atoms with Crippen molar-refractivity contribution in [3.63, 3.8) is 0 Å². The Morgan fingerprint density at radius 3 is 2.58 bits per heavy atom. The summed E-state index contributed by atoms with van der Waals surface area (Å²) in [6.07, 6.45) is 4.60. The van der Waals surface area contributed by atoms with Crippen LogP contribution in [0.25, 0.3) is 0 Å². The van der Waals surface area contributed by atoms with Crippen molar-refractivity contribution in [2.45, 2.75) is 84.2 Å². The van der Waals surface area contributed by atoms with Crippen molar-refractivity contribution >= 4 is 5.91 Å². The monoisotopic (exact) mass is 359 g/mol. The first-order valence-corrected chi connectivity index (χ1v) is 9.97. The molecule has 144 valence electrons. The average Bonchev–Trinajstić information content (AvgIpc) is 2.53. The summed E-state index contributed by atoms with van der Waals surface area (Å²) in [4.78, 5) is 11.9. The fourth-order valence-corrected chi connectivity index (χ4v) is 4.78. The molecule has 1 aliphatic carbocycles. The van der Waals surface area contributed by atoms with Gasteiger partial charge in [0.05, 0.1) is 18.3 Å². The number of amides is 1. The van der Waals surface area contributed by atoms with Crippen LogP contribution in [0.4, 0.5) is 0 Å². The van der Waals surface area contributed by atoms with Gasteiger partial charge in [0.25, 0.3) is 0 Å². The van der Waals surface area contributed by atoms with Gasteiger partial charge in [-0.25, -0.2) is 0 Å². The van der Waals surface area contributed by atoms with Crippen molar-refractivity contribution in [3.05, 3.63) is 29.8 Å². The van der Waals surface area contributed by atoms with Crippen LogP contribution >= 0.6 is 0 Å². The molecule has 1 N–H and O–H groups in total. The molecule has 4 heteroatoms.